The molecule has 4 atom stereocenters. The second kappa shape index (κ2) is 12.0. The molecule has 44 heavy (non-hydrogen) atoms. The van der Waals surface area contributed by atoms with Crippen LogP contribution in [0.5, 0.6) is 0 Å². The number of carbonyl (C=O) groups excluding carboxylic acids is 2. The van der Waals surface area contributed by atoms with Gasteiger partial charge in [0.1, 0.15) is 34.4 Å². The van der Waals surface area contributed by atoms with Crippen LogP contribution in [0.1, 0.15) is 62.0 Å². The lowest BCUT2D eigenvalue weighted by Gasteiger charge is -2.42. The molecule has 0 radical (unpaired) electrons. The highest BCUT2D eigenvalue weighted by molar-refractivity contribution is 6.05. The Morgan fingerprint density at radius 1 is 1.05 bits per heavy atom. The molecule has 0 saturated carbocycles. The minimum atomic E-state index is -1.03. The second-order valence-electron chi connectivity index (χ2n) is 12.1. The largest absolute Gasteiger partial charge is 0.444 e. The van der Waals surface area contributed by atoms with Crippen molar-refractivity contribution in [2.75, 3.05) is 23.3 Å². The summed E-state index contributed by atoms with van der Waals surface area (Å²) in [5.74, 6) is -4.19. The Labute approximate surface area is 252 Å². The number of benzene rings is 1. The molecular formula is C31H34F3N5O5. The zero-order valence-corrected chi connectivity index (χ0v) is 24.7. The summed E-state index contributed by atoms with van der Waals surface area (Å²) in [5.41, 5.74) is -0.481. The van der Waals surface area contributed by atoms with Crippen LogP contribution in [0.25, 0.3) is 11.3 Å². The van der Waals surface area contributed by atoms with Crippen molar-refractivity contribution in [2.24, 2.45) is 5.92 Å². The quantitative estimate of drug-likeness (QED) is 0.330. The summed E-state index contributed by atoms with van der Waals surface area (Å²) in [6, 6.07) is 4.33. The van der Waals surface area contributed by atoms with Gasteiger partial charge in [-0.25, -0.2) is 22.9 Å². The summed E-state index contributed by atoms with van der Waals surface area (Å²) >= 11 is 0. The molecule has 1 unspecified atom stereocenters. The smallest absolute Gasteiger partial charge is 0.408 e. The third kappa shape index (κ3) is 6.34. The average Bonchev–Trinajstić information content (AvgIpc) is 3.31. The fraction of sp³-hybridized carbons (Fsp3) is 0.419. The van der Waals surface area contributed by atoms with Crippen LogP contribution in [0.3, 0.4) is 0 Å². The van der Waals surface area contributed by atoms with Crippen LogP contribution in [0, 0.1) is 23.4 Å². The second-order valence-corrected chi connectivity index (χ2v) is 12.1. The lowest BCUT2D eigenvalue weighted by atomic mass is 9.91. The number of piperidine rings is 1. The summed E-state index contributed by atoms with van der Waals surface area (Å²) in [6.45, 7) is 7.49. The zero-order chi connectivity index (χ0) is 31.9. The fourth-order valence-electron chi connectivity index (χ4n) is 5.66. The van der Waals surface area contributed by atoms with Gasteiger partial charge in [0, 0.05) is 24.6 Å². The van der Waals surface area contributed by atoms with E-state index in [2.05, 4.69) is 20.6 Å². The van der Waals surface area contributed by atoms with Crippen LogP contribution in [0.15, 0.2) is 36.5 Å². The number of anilines is 2. The molecule has 2 aliphatic rings. The first-order valence-corrected chi connectivity index (χ1v) is 14.3. The Kier molecular flexibility index (Phi) is 8.54. The predicted molar refractivity (Wildman–Crippen MR) is 156 cm³/mol. The summed E-state index contributed by atoms with van der Waals surface area (Å²) in [4.78, 5) is 36.2. The molecule has 1 aliphatic heterocycles. The number of alkyl carbamates (subject to hydrolysis) is 1. The number of amides is 2. The SMILES string of the molecule is C[C@H]1CN(c2c(NC(=O)c3ccc(F)c(-c4c(F)cccc4F)n3)cnc3c2CCC3O)C[C@@H](NC(=O)OC(C)(C)C)[C@@H]1O. The molecule has 1 aromatic carbocycles. The van der Waals surface area contributed by atoms with E-state index in [1.54, 1.807) is 20.8 Å². The van der Waals surface area contributed by atoms with E-state index in [9.17, 15) is 33.0 Å². The van der Waals surface area contributed by atoms with Crippen molar-refractivity contribution >= 4 is 23.4 Å². The molecule has 2 amide bonds. The van der Waals surface area contributed by atoms with E-state index in [0.29, 0.717) is 36.3 Å². The highest BCUT2D eigenvalue weighted by Crippen LogP contribution is 2.42. The summed E-state index contributed by atoms with van der Waals surface area (Å²) < 4.78 is 48.9. The number of rotatable bonds is 5. The maximum atomic E-state index is 14.7. The average molecular weight is 614 g/mol. The summed E-state index contributed by atoms with van der Waals surface area (Å²) in [7, 11) is 0. The zero-order valence-electron chi connectivity index (χ0n) is 24.7. The third-order valence-corrected chi connectivity index (χ3v) is 7.63. The van der Waals surface area contributed by atoms with E-state index >= 15 is 0 Å². The lowest BCUT2D eigenvalue weighted by molar-refractivity contribution is 0.0303. The Bertz CT molecular complexity index is 1580. The van der Waals surface area contributed by atoms with Crippen molar-refractivity contribution in [3.05, 3.63) is 70.9 Å². The first-order valence-electron chi connectivity index (χ1n) is 14.3. The first-order chi connectivity index (χ1) is 20.7. The molecule has 13 heteroatoms. The van der Waals surface area contributed by atoms with E-state index in [-0.39, 0.29) is 23.8 Å². The topological polar surface area (TPSA) is 137 Å². The molecule has 0 bridgehead atoms. The van der Waals surface area contributed by atoms with Gasteiger partial charge < -0.3 is 30.5 Å². The van der Waals surface area contributed by atoms with Crippen molar-refractivity contribution in [1.82, 2.24) is 15.3 Å². The van der Waals surface area contributed by atoms with Crippen LogP contribution in [0.4, 0.5) is 29.3 Å². The molecule has 10 nitrogen and oxygen atoms in total. The number of aromatic nitrogens is 2. The van der Waals surface area contributed by atoms with E-state index in [1.165, 1.54) is 6.20 Å². The molecule has 3 aromatic rings. The molecule has 234 valence electrons. The molecular weight excluding hydrogens is 579 g/mol. The van der Waals surface area contributed by atoms with Crippen molar-refractivity contribution in [2.45, 2.75) is 64.4 Å². The van der Waals surface area contributed by atoms with Crippen LogP contribution in [0.2, 0.25) is 0 Å². The number of pyridine rings is 2. The Morgan fingerprint density at radius 3 is 2.43 bits per heavy atom. The van der Waals surface area contributed by atoms with Crippen molar-refractivity contribution in [1.29, 1.82) is 0 Å². The van der Waals surface area contributed by atoms with Gasteiger partial charge in [-0.2, -0.15) is 0 Å². The standard InChI is InChI=1S/C31H34F3N5O5/c1-15-13-39(14-22(28(15)41)38-30(43)44-31(2,3)4)27-16-8-11-23(40)25(16)35-12-21(27)37-29(42)20-10-9-19(34)26(36-20)24-17(32)6-5-7-18(24)33/h5-7,9-10,12,15,22-23,28,40-41H,8,11,13-14H2,1-4H3,(H,37,42)(H,38,43)/t15-,22+,23?,28+/m0/s1. The Hall–Kier alpha value is -4.23. The Morgan fingerprint density at radius 2 is 1.75 bits per heavy atom. The monoisotopic (exact) mass is 613 g/mol. The molecule has 1 aliphatic carbocycles. The maximum Gasteiger partial charge on any atom is 0.408 e. The molecule has 1 fully saturated rings. The van der Waals surface area contributed by atoms with Crippen molar-refractivity contribution in [3.63, 3.8) is 0 Å². The molecule has 3 heterocycles. The predicted octanol–water partition coefficient (Wildman–Crippen LogP) is 4.50. The number of fused-ring (bicyclic) bond motifs is 1. The normalized spacial score (nSPS) is 21.5. The highest BCUT2D eigenvalue weighted by Gasteiger charge is 2.38. The van der Waals surface area contributed by atoms with E-state index in [0.717, 1.165) is 30.3 Å². The van der Waals surface area contributed by atoms with Gasteiger partial charge in [-0.3, -0.25) is 9.78 Å². The maximum absolute atomic E-state index is 14.7. The van der Waals surface area contributed by atoms with Gasteiger partial charge >= 0.3 is 6.09 Å². The van der Waals surface area contributed by atoms with E-state index < -0.39 is 64.6 Å². The number of nitrogens with one attached hydrogen (secondary N) is 2. The molecule has 4 N–H and O–H groups in total. The summed E-state index contributed by atoms with van der Waals surface area (Å²) in [6.07, 6.45) is -0.148. The minimum absolute atomic E-state index is 0.145. The lowest BCUT2D eigenvalue weighted by Crippen LogP contribution is -2.59. The number of halogens is 3. The molecule has 5 rings (SSSR count). The summed E-state index contributed by atoms with van der Waals surface area (Å²) in [5, 5.41) is 26.9. The van der Waals surface area contributed by atoms with Crippen LogP contribution in [-0.4, -0.2) is 63.0 Å². The number of aliphatic hydroxyl groups is 2. The van der Waals surface area contributed by atoms with Gasteiger partial charge in [0.25, 0.3) is 5.91 Å². The van der Waals surface area contributed by atoms with Gasteiger partial charge in [-0.15, -0.1) is 0 Å². The van der Waals surface area contributed by atoms with Crippen molar-refractivity contribution in [3.8, 4) is 11.3 Å². The number of hydrogen-bond acceptors (Lipinski definition) is 8. The molecule has 0 spiro atoms. The molecule has 2 aromatic heterocycles. The van der Waals surface area contributed by atoms with Crippen LogP contribution >= 0.6 is 0 Å². The highest BCUT2D eigenvalue weighted by atomic mass is 19.1. The van der Waals surface area contributed by atoms with E-state index in [4.69, 9.17) is 4.74 Å². The van der Waals surface area contributed by atoms with Gasteiger partial charge in [0.15, 0.2) is 0 Å². The minimum Gasteiger partial charge on any atom is -0.444 e. The van der Waals surface area contributed by atoms with Gasteiger partial charge in [0.05, 0.1) is 47.1 Å². The number of ether oxygens (including phenoxy) is 1. The number of hydrogen-bond donors (Lipinski definition) is 4. The molecule has 1 saturated heterocycles. The van der Waals surface area contributed by atoms with Crippen LogP contribution in [-0.2, 0) is 11.2 Å². The number of carbonyl (C=O) groups is 2. The Balaban J connectivity index is 1.48. The van der Waals surface area contributed by atoms with Crippen LogP contribution < -0.4 is 15.5 Å². The number of nitrogens with zero attached hydrogens (tertiary/aromatic N) is 3. The van der Waals surface area contributed by atoms with Gasteiger partial charge in [-0.05, 0) is 57.9 Å². The van der Waals surface area contributed by atoms with E-state index in [1.807, 2.05) is 11.8 Å². The first kappa shape index (κ1) is 31.2. The fourth-order valence-corrected chi connectivity index (χ4v) is 5.66. The van der Waals surface area contributed by atoms with Gasteiger partial charge in [0.2, 0.25) is 0 Å². The van der Waals surface area contributed by atoms with Gasteiger partial charge in [-0.1, -0.05) is 13.0 Å². The number of aliphatic hydroxyl groups excluding tert-OH is 2. The third-order valence-electron chi connectivity index (χ3n) is 7.63. The van der Waals surface area contributed by atoms with Crippen molar-refractivity contribution < 1.29 is 37.7 Å².